The Labute approximate surface area is 117 Å². The molecule has 0 bridgehead atoms. The number of aliphatic hydroxyl groups is 1. The van der Waals surface area contributed by atoms with Crippen molar-refractivity contribution in [3.05, 3.63) is 23.8 Å². The van der Waals surface area contributed by atoms with Crippen LogP contribution in [-0.2, 0) is 10.0 Å². The molecular weight excluding hydrogens is 284 g/mol. The van der Waals surface area contributed by atoms with Gasteiger partial charge in [0, 0.05) is 12.7 Å². The third-order valence-electron chi connectivity index (χ3n) is 3.11. The van der Waals surface area contributed by atoms with Gasteiger partial charge in [-0.3, -0.25) is 0 Å². The number of hydrogen-bond acceptors (Lipinski definition) is 5. The van der Waals surface area contributed by atoms with Crippen LogP contribution in [0.25, 0.3) is 0 Å². The second-order valence-corrected chi connectivity index (χ2v) is 6.94. The van der Waals surface area contributed by atoms with Gasteiger partial charge in [0.1, 0.15) is 0 Å². The van der Waals surface area contributed by atoms with Crippen LogP contribution >= 0.6 is 0 Å². The van der Waals surface area contributed by atoms with E-state index in [0.717, 1.165) is 16.4 Å². The largest absolute Gasteiger partial charge is 0.478 e. The molecule has 0 atom stereocenters. The molecule has 112 valence electrons. The minimum atomic E-state index is -4.06. The van der Waals surface area contributed by atoms with Crippen LogP contribution in [0.1, 0.15) is 24.2 Å². The van der Waals surface area contributed by atoms with Gasteiger partial charge in [0.05, 0.1) is 22.6 Å². The van der Waals surface area contributed by atoms with Crippen molar-refractivity contribution in [3.8, 4) is 0 Å². The average Bonchev–Trinajstić information content (AvgIpc) is 2.37. The second kappa shape index (κ2) is 5.39. The predicted octanol–water partition coefficient (Wildman–Crippen LogP) is 0.358. The van der Waals surface area contributed by atoms with Gasteiger partial charge in [0.2, 0.25) is 10.0 Å². The van der Waals surface area contributed by atoms with Crippen molar-refractivity contribution in [3.63, 3.8) is 0 Å². The third kappa shape index (κ3) is 2.92. The Morgan fingerprint density at radius 2 is 1.95 bits per heavy atom. The van der Waals surface area contributed by atoms with Gasteiger partial charge in [-0.1, -0.05) is 0 Å². The number of carboxylic acid groups (broad SMARTS) is 1. The summed E-state index contributed by atoms with van der Waals surface area (Å²) in [6, 6.07) is 3.56. The maximum Gasteiger partial charge on any atom is 0.337 e. The molecule has 0 fully saturated rings. The highest BCUT2D eigenvalue weighted by Gasteiger charge is 2.35. The van der Waals surface area contributed by atoms with E-state index in [2.05, 4.69) is 0 Å². The lowest BCUT2D eigenvalue weighted by Gasteiger charge is -2.33. The van der Waals surface area contributed by atoms with Gasteiger partial charge < -0.3 is 15.9 Å². The lowest BCUT2D eigenvalue weighted by molar-refractivity contribution is 0.0692. The summed E-state index contributed by atoms with van der Waals surface area (Å²) < 4.78 is 25.9. The van der Waals surface area contributed by atoms with E-state index >= 15 is 0 Å². The van der Waals surface area contributed by atoms with Crippen LogP contribution in [0.5, 0.6) is 0 Å². The summed E-state index contributed by atoms with van der Waals surface area (Å²) in [5.74, 6) is -1.38. The monoisotopic (exact) mass is 302 g/mol. The first-order chi connectivity index (χ1) is 9.04. The summed E-state index contributed by atoms with van der Waals surface area (Å²) in [5, 5.41) is 18.4. The average molecular weight is 302 g/mol. The molecule has 0 saturated heterocycles. The number of nitrogens with zero attached hydrogens (tertiary/aromatic N) is 1. The van der Waals surface area contributed by atoms with Gasteiger partial charge >= 0.3 is 5.97 Å². The van der Waals surface area contributed by atoms with Crippen molar-refractivity contribution >= 4 is 21.7 Å². The fraction of sp³-hybridized carbons (Fsp3) is 0.417. The molecule has 0 heterocycles. The molecule has 0 unspecified atom stereocenters. The number of benzene rings is 1. The molecular formula is C12H18N2O5S. The van der Waals surface area contributed by atoms with Crippen LogP contribution in [0.3, 0.4) is 0 Å². The zero-order chi connectivity index (χ0) is 15.7. The second-order valence-electron chi connectivity index (χ2n) is 5.00. The minimum Gasteiger partial charge on any atom is -0.478 e. The molecule has 7 nitrogen and oxygen atoms in total. The number of rotatable bonds is 5. The van der Waals surface area contributed by atoms with Crippen LogP contribution in [0.15, 0.2) is 23.1 Å². The highest BCUT2D eigenvalue weighted by molar-refractivity contribution is 7.89. The maximum absolute atomic E-state index is 12.5. The first-order valence-electron chi connectivity index (χ1n) is 5.77. The number of carboxylic acids is 1. The molecule has 1 aromatic carbocycles. The fourth-order valence-corrected chi connectivity index (χ4v) is 3.18. The molecule has 20 heavy (non-hydrogen) atoms. The molecule has 0 aliphatic heterocycles. The summed E-state index contributed by atoms with van der Waals surface area (Å²) >= 11 is 0. The predicted molar refractivity (Wildman–Crippen MR) is 73.9 cm³/mol. The Kier molecular flexibility index (Phi) is 4.42. The number of nitrogens with two attached hydrogens (primary N) is 1. The van der Waals surface area contributed by atoms with E-state index in [1.54, 1.807) is 0 Å². The molecule has 0 spiro atoms. The molecule has 8 heteroatoms. The quantitative estimate of drug-likeness (QED) is 0.675. The van der Waals surface area contributed by atoms with E-state index in [4.69, 9.17) is 10.8 Å². The van der Waals surface area contributed by atoms with Crippen molar-refractivity contribution in [2.24, 2.45) is 0 Å². The lowest BCUT2D eigenvalue weighted by Crippen LogP contribution is -2.47. The van der Waals surface area contributed by atoms with Crippen LogP contribution in [0, 0.1) is 0 Å². The number of likely N-dealkylation sites (N-methyl/N-ethyl adjacent to an activating group) is 1. The van der Waals surface area contributed by atoms with Crippen molar-refractivity contribution in [1.29, 1.82) is 0 Å². The first kappa shape index (κ1) is 16.4. The Morgan fingerprint density at radius 1 is 1.40 bits per heavy atom. The van der Waals surface area contributed by atoms with Crippen LogP contribution in [-0.4, -0.2) is 48.1 Å². The Bertz CT molecular complexity index is 625. The minimum absolute atomic E-state index is 0.158. The summed E-state index contributed by atoms with van der Waals surface area (Å²) in [7, 11) is -2.78. The topological polar surface area (TPSA) is 121 Å². The Balaban J connectivity index is 3.48. The van der Waals surface area contributed by atoms with Crippen LogP contribution in [0.2, 0.25) is 0 Å². The fourth-order valence-electron chi connectivity index (χ4n) is 1.51. The van der Waals surface area contributed by atoms with E-state index in [1.165, 1.54) is 27.0 Å². The van der Waals surface area contributed by atoms with E-state index < -0.39 is 33.7 Å². The molecule has 0 amide bonds. The van der Waals surface area contributed by atoms with Crippen LogP contribution in [0.4, 0.5) is 5.69 Å². The first-order valence-corrected chi connectivity index (χ1v) is 7.21. The number of carbonyl (C=O) groups is 1. The summed E-state index contributed by atoms with van der Waals surface area (Å²) in [6.07, 6.45) is 0. The van der Waals surface area contributed by atoms with Crippen molar-refractivity contribution in [1.82, 2.24) is 4.31 Å². The van der Waals surface area contributed by atoms with Crippen molar-refractivity contribution in [2.45, 2.75) is 24.3 Å². The molecule has 4 N–H and O–H groups in total. The molecule has 0 aromatic heterocycles. The van der Waals surface area contributed by atoms with E-state index in [0.29, 0.717) is 0 Å². The normalized spacial score (nSPS) is 12.7. The highest BCUT2D eigenvalue weighted by Crippen LogP contribution is 2.26. The van der Waals surface area contributed by atoms with Gasteiger partial charge in [-0.15, -0.1) is 0 Å². The standard InChI is InChI=1S/C12H18N2O5S/c1-12(2,7-15)14(3)20(18,19)10-5-4-8(13)6-9(10)11(16)17/h4-6,15H,7,13H2,1-3H3,(H,16,17). The van der Waals surface area contributed by atoms with E-state index in [9.17, 15) is 18.3 Å². The Morgan fingerprint density at radius 3 is 2.40 bits per heavy atom. The summed E-state index contributed by atoms with van der Waals surface area (Å²) in [5.41, 5.74) is 4.19. The third-order valence-corrected chi connectivity index (χ3v) is 5.24. The number of aliphatic hydroxyl groups excluding tert-OH is 1. The van der Waals surface area contributed by atoms with E-state index in [-0.39, 0.29) is 10.6 Å². The number of hydrogen-bond donors (Lipinski definition) is 3. The molecule has 0 aliphatic rings. The maximum atomic E-state index is 12.5. The van der Waals surface area contributed by atoms with Gasteiger partial charge in [0.25, 0.3) is 0 Å². The summed E-state index contributed by atoms with van der Waals surface area (Å²) in [4.78, 5) is 10.8. The molecule has 0 radical (unpaired) electrons. The number of anilines is 1. The molecule has 0 saturated carbocycles. The number of aromatic carboxylic acids is 1. The molecule has 1 rings (SSSR count). The molecule has 0 aliphatic carbocycles. The zero-order valence-corrected chi connectivity index (χ0v) is 12.3. The SMILES string of the molecule is CN(C(C)(C)CO)S(=O)(=O)c1ccc(N)cc1C(=O)O. The highest BCUT2D eigenvalue weighted by atomic mass is 32.2. The number of sulfonamides is 1. The van der Waals surface area contributed by atoms with Gasteiger partial charge in [-0.25, -0.2) is 13.2 Å². The summed E-state index contributed by atoms with van der Waals surface area (Å²) in [6.45, 7) is 2.66. The van der Waals surface area contributed by atoms with E-state index in [1.807, 2.05) is 0 Å². The van der Waals surface area contributed by atoms with Crippen LogP contribution < -0.4 is 5.73 Å². The van der Waals surface area contributed by atoms with Gasteiger partial charge in [0.15, 0.2) is 0 Å². The Hall–Kier alpha value is -1.64. The lowest BCUT2D eigenvalue weighted by atomic mass is 10.1. The van der Waals surface area contributed by atoms with Gasteiger partial charge in [-0.05, 0) is 32.0 Å². The van der Waals surface area contributed by atoms with Crippen molar-refractivity contribution in [2.75, 3.05) is 19.4 Å². The smallest absolute Gasteiger partial charge is 0.337 e. The van der Waals surface area contributed by atoms with Gasteiger partial charge in [-0.2, -0.15) is 4.31 Å². The van der Waals surface area contributed by atoms with Crippen molar-refractivity contribution < 1.29 is 23.4 Å². The number of nitrogen functional groups attached to an aromatic ring is 1. The zero-order valence-electron chi connectivity index (χ0n) is 11.5. The molecule has 1 aromatic rings.